The van der Waals surface area contributed by atoms with Gasteiger partial charge in [-0.05, 0) is 41.8 Å². The Bertz CT molecular complexity index is 973. The fourth-order valence-corrected chi connectivity index (χ4v) is 3.40. The summed E-state index contributed by atoms with van der Waals surface area (Å²) in [6, 6.07) is 13.7. The monoisotopic (exact) mass is 398 g/mol. The second kappa shape index (κ2) is 9.14. The van der Waals surface area contributed by atoms with E-state index in [1.165, 1.54) is 27.6 Å². The first-order valence-corrected chi connectivity index (χ1v) is 9.50. The molecule has 28 heavy (non-hydrogen) atoms. The number of nitrogens with zero attached hydrogens (tertiary/aromatic N) is 4. The predicted octanol–water partition coefficient (Wildman–Crippen LogP) is 3.06. The molecule has 0 saturated heterocycles. The number of nitrogens with one attached hydrogen (secondary N) is 1. The van der Waals surface area contributed by atoms with Gasteiger partial charge in [0.05, 0.1) is 20.4 Å². The molecule has 0 unspecified atom stereocenters. The Balaban J connectivity index is 1.63. The lowest BCUT2D eigenvalue weighted by Crippen LogP contribution is -2.13. The molecule has 0 amide bonds. The quantitative estimate of drug-likeness (QED) is 0.260. The number of anilines is 1. The van der Waals surface area contributed by atoms with Crippen molar-refractivity contribution < 1.29 is 9.47 Å². The van der Waals surface area contributed by atoms with Crippen LogP contribution in [0.15, 0.2) is 52.7 Å². The van der Waals surface area contributed by atoms with Gasteiger partial charge >= 0.3 is 0 Å². The number of ether oxygens (including phenoxy) is 2. The van der Waals surface area contributed by atoms with Crippen LogP contribution in [0.3, 0.4) is 0 Å². The molecule has 0 aliphatic carbocycles. The van der Waals surface area contributed by atoms with Crippen molar-refractivity contribution in [2.75, 3.05) is 25.5 Å². The molecule has 9 heteroatoms. The summed E-state index contributed by atoms with van der Waals surface area (Å²) in [7, 11) is 3.18. The number of benzene rings is 2. The summed E-state index contributed by atoms with van der Waals surface area (Å²) in [5.41, 5.74) is 6.11. The average Bonchev–Trinajstić information content (AvgIpc) is 3.07. The van der Waals surface area contributed by atoms with E-state index < -0.39 is 0 Å². The molecule has 0 aliphatic rings. The van der Waals surface area contributed by atoms with Crippen molar-refractivity contribution in [3.05, 3.63) is 59.2 Å². The summed E-state index contributed by atoms with van der Waals surface area (Å²) in [6.45, 7) is 2.08. The van der Waals surface area contributed by atoms with Crippen molar-refractivity contribution in [1.82, 2.24) is 14.9 Å². The molecule has 0 bridgehead atoms. The SMILES string of the molecule is COc1ccc(/C=N/Nc2nnc(SCc3ccccc3C)n2N)cc1OC. The number of methoxy groups -OCH3 is 2. The fourth-order valence-electron chi connectivity index (χ4n) is 2.46. The summed E-state index contributed by atoms with van der Waals surface area (Å²) in [6.07, 6.45) is 1.64. The second-order valence-electron chi connectivity index (χ2n) is 5.88. The van der Waals surface area contributed by atoms with E-state index in [1.807, 2.05) is 30.3 Å². The number of aryl methyl sites for hydroxylation is 1. The number of rotatable bonds is 8. The van der Waals surface area contributed by atoms with E-state index >= 15 is 0 Å². The Morgan fingerprint density at radius 3 is 2.68 bits per heavy atom. The molecule has 0 atom stereocenters. The molecule has 3 N–H and O–H groups in total. The molecule has 1 aromatic heterocycles. The minimum absolute atomic E-state index is 0.351. The maximum atomic E-state index is 6.07. The molecule has 0 radical (unpaired) electrons. The Labute approximate surface area is 167 Å². The van der Waals surface area contributed by atoms with Crippen LogP contribution in [0.25, 0.3) is 0 Å². The third-order valence-electron chi connectivity index (χ3n) is 4.07. The van der Waals surface area contributed by atoms with Crippen LogP contribution in [0.4, 0.5) is 5.95 Å². The zero-order valence-electron chi connectivity index (χ0n) is 15.9. The fraction of sp³-hybridized carbons (Fsp3) is 0.211. The first kappa shape index (κ1) is 19.6. The van der Waals surface area contributed by atoms with E-state index in [4.69, 9.17) is 15.3 Å². The molecule has 0 spiro atoms. The number of hydrogen-bond donors (Lipinski definition) is 2. The van der Waals surface area contributed by atoms with Gasteiger partial charge < -0.3 is 15.3 Å². The van der Waals surface area contributed by atoms with Crippen LogP contribution in [0.5, 0.6) is 11.5 Å². The normalized spacial score (nSPS) is 11.0. The highest BCUT2D eigenvalue weighted by molar-refractivity contribution is 7.98. The molecule has 0 saturated carbocycles. The minimum Gasteiger partial charge on any atom is -0.493 e. The molecule has 3 rings (SSSR count). The van der Waals surface area contributed by atoms with Gasteiger partial charge in [0.15, 0.2) is 11.5 Å². The Hall–Kier alpha value is -3.20. The van der Waals surface area contributed by atoms with Crippen molar-refractivity contribution >= 4 is 23.9 Å². The van der Waals surface area contributed by atoms with E-state index in [1.54, 1.807) is 20.4 Å². The van der Waals surface area contributed by atoms with Gasteiger partial charge in [-0.1, -0.05) is 36.0 Å². The van der Waals surface area contributed by atoms with Crippen LogP contribution >= 0.6 is 11.8 Å². The molecule has 0 fully saturated rings. The van der Waals surface area contributed by atoms with Gasteiger partial charge in [-0.25, -0.2) is 10.1 Å². The van der Waals surface area contributed by atoms with Crippen molar-refractivity contribution in [2.45, 2.75) is 17.8 Å². The van der Waals surface area contributed by atoms with Gasteiger partial charge in [0.2, 0.25) is 5.16 Å². The van der Waals surface area contributed by atoms with E-state index in [0.717, 1.165) is 11.3 Å². The summed E-state index contributed by atoms with van der Waals surface area (Å²) in [5.74, 6) is 8.46. The number of thioether (sulfide) groups is 1. The zero-order valence-corrected chi connectivity index (χ0v) is 16.7. The summed E-state index contributed by atoms with van der Waals surface area (Å²) < 4.78 is 11.9. The zero-order chi connectivity index (χ0) is 19.9. The van der Waals surface area contributed by atoms with E-state index in [0.29, 0.717) is 22.6 Å². The first-order valence-electron chi connectivity index (χ1n) is 8.51. The van der Waals surface area contributed by atoms with Gasteiger partial charge in [0, 0.05) is 5.75 Å². The Morgan fingerprint density at radius 2 is 1.93 bits per heavy atom. The van der Waals surface area contributed by atoms with Gasteiger partial charge in [-0.2, -0.15) is 5.10 Å². The summed E-state index contributed by atoms with van der Waals surface area (Å²) >= 11 is 1.52. The molecule has 8 nitrogen and oxygen atoms in total. The summed E-state index contributed by atoms with van der Waals surface area (Å²) in [4.78, 5) is 0. The van der Waals surface area contributed by atoms with Gasteiger partial charge in [-0.15, -0.1) is 10.2 Å². The molecular weight excluding hydrogens is 376 g/mol. The largest absolute Gasteiger partial charge is 0.493 e. The lowest BCUT2D eigenvalue weighted by molar-refractivity contribution is 0.355. The highest BCUT2D eigenvalue weighted by Gasteiger charge is 2.10. The standard InChI is InChI=1S/C19H22N6O2S/c1-13-6-4-5-7-15(13)12-28-19-24-23-18(25(19)20)22-21-11-14-8-9-16(26-2)17(10-14)27-3/h4-11H,12,20H2,1-3H3,(H,22,23)/b21-11+. The smallest absolute Gasteiger partial charge is 0.264 e. The number of nitrogen functional groups attached to an aromatic ring is 1. The van der Waals surface area contributed by atoms with Crippen molar-refractivity contribution in [3.63, 3.8) is 0 Å². The predicted molar refractivity (Wildman–Crippen MR) is 112 cm³/mol. The molecule has 3 aromatic rings. The number of aromatic nitrogens is 3. The Morgan fingerprint density at radius 1 is 1.14 bits per heavy atom. The maximum Gasteiger partial charge on any atom is 0.264 e. The third kappa shape index (κ3) is 4.55. The van der Waals surface area contributed by atoms with Crippen molar-refractivity contribution in [3.8, 4) is 11.5 Å². The van der Waals surface area contributed by atoms with Crippen LogP contribution in [0.2, 0.25) is 0 Å². The highest BCUT2D eigenvalue weighted by atomic mass is 32.2. The molecular formula is C19H22N6O2S. The second-order valence-corrected chi connectivity index (χ2v) is 6.82. The van der Waals surface area contributed by atoms with Crippen LogP contribution in [-0.2, 0) is 5.75 Å². The Kier molecular flexibility index (Phi) is 6.38. The average molecular weight is 398 g/mol. The van der Waals surface area contributed by atoms with Crippen molar-refractivity contribution in [2.24, 2.45) is 5.10 Å². The summed E-state index contributed by atoms with van der Waals surface area (Å²) in [5, 5.41) is 12.9. The lowest BCUT2D eigenvalue weighted by atomic mass is 10.1. The van der Waals surface area contributed by atoms with E-state index in [-0.39, 0.29) is 0 Å². The third-order valence-corrected chi connectivity index (χ3v) is 5.06. The van der Waals surface area contributed by atoms with Crippen LogP contribution in [0, 0.1) is 6.92 Å². The van der Waals surface area contributed by atoms with E-state index in [2.05, 4.69) is 39.8 Å². The van der Waals surface area contributed by atoms with Crippen molar-refractivity contribution in [1.29, 1.82) is 0 Å². The van der Waals surface area contributed by atoms with Gasteiger partial charge in [-0.3, -0.25) is 0 Å². The van der Waals surface area contributed by atoms with Gasteiger partial charge in [0.1, 0.15) is 0 Å². The molecule has 146 valence electrons. The topological polar surface area (TPSA) is 99.6 Å². The molecule has 2 aromatic carbocycles. The minimum atomic E-state index is 0.351. The van der Waals surface area contributed by atoms with Crippen LogP contribution in [0.1, 0.15) is 16.7 Å². The van der Waals surface area contributed by atoms with E-state index in [9.17, 15) is 0 Å². The molecule has 0 aliphatic heterocycles. The van der Waals surface area contributed by atoms with Crippen LogP contribution < -0.4 is 20.7 Å². The number of nitrogens with two attached hydrogens (primary N) is 1. The van der Waals surface area contributed by atoms with Gasteiger partial charge in [0.25, 0.3) is 5.95 Å². The first-order chi connectivity index (χ1) is 13.6. The highest BCUT2D eigenvalue weighted by Crippen LogP contribution is 2.27. The number of hydrogen-bond acceptors (Lipinski definition) is 8. The van der Waals surface area contributed by atoms with Crippen LogP contribution in [-0.4, -0.2) is 35.3 Å². The lowest BCUT2D eigenvalue weighted by Gasteiger charge is -2.07. The maximum absolute atomic E-state index is 6.07. The molecule has 1 heterocycles. The number of hydrazone groups is 1.